The Labute approximate surface area is 199 Å². The second kappa shape index (κ2) is 10.0. The van der Waals surface area contributed by atoms with Gasteiger partial charge in [-0.25, -0.2) is 8.42 Å². The van der Waals surface area contributed by atoms with E-state index in [4.69, 9.17) is 14.2 Å². The number of carbonyl (C=O) groups excluding carboxylic acids is 1. The van der Waals surface area contributed by atoms with Crippen LogP contribution in [0.15, 0.2) is 71.6 Å². The van der Waals surface area contributed by atoms with Crippen molar-refractivity contribution in [1.82, 2.24) is 0 Å². The monoisotopic (exact) mass is 482 g/mol. The van der Waals surface area contributed by atoms with Crippen LogP contribution < -0.4 is 23.8 Å². The number of hydrogen-bond donors (Lipinski definition) is 1. The number of nitrogens with zero attached hydrogens (tertiary/aromatic N) is 1. The van der Waals surface area contributed by atoms with Crippen molar-refractivity contribution in [2.75, 3.05) is 37.0 Å². The van der Waals surface area contributed by atoms with Gasteiger partial charge in [0.05, 0.1) is 24.8 Å². The lowest BCUT2D eigenvalue weighted by Gasteiger charge is -2.31. The van der Waals surface area contributed by atoms with Crippen LogP contribution in [0.25, 0.3) is 0 Å². The minimum atomic E-state index is -3.72. The van der Waals surface area contributed by atoms with Crippen LogP contribution in [0.3, 0.4) is 0 Å². The molecule has 178 valence electrons. The lowest BCUT2D eigenvalue weighted by molar-refractivity contribution is -0.118. The van der Waals surface area contributed by atoms with Crippen LogP contribution in [0.2, 0.25) is 0 Å². The third kappa shape index (κ3) is 5.09. The van der Waals surface area contributed by atoms with Crippen molar-refractivity contribution in [3.05, 3.63) is 72.3 Å². The number of rotatable bonds is 8. The summed E-state index contributed by atoms with van der Waals surface area (Å²) in [5.74, 6) is 1.54. The highest BCUT2D eigenvalue weighted by Gasteiger charge is 2.29. The first-order valence-electron chi connectivity index (χ1n) is 10.8. The fourth-order valence-electron chi connectivity index (χ4n) is 3.78. The summed E-state index contributed by atoms with van der Waals surface area (Å²) in [5.41, 5.74) is 2.07. The lowest BCUT2D eigenvalue weighted by Crippen LogP contribution is -2.35. The average Bonchev–Trinajstić information content (AvgIpc) is 2.87. The quantitative estimate of drug-likeness (QED) is 0.524. The van der Waals surface area contributed by atoms with E-state index >= 15 is 0 Å². The summed E-state index contributed by atoms with van der Waals surface area (Å²) in [5, 5.41) is 2.81. The van der Waals surface area contributed by atoms with Crippen molar-refractivity contribution < 1.29 is 27.4 Å². The average molecular weight is 483 g/mol. The first kappa shape index (κ1) is 23.4. The number of aryl methyl sites for hydroxylation is 1. The molecular formula is C25H26N2O6S. The van der Waals surface area contributed by atoms with Crippen molar-refractivity contribution in [1.29, 1.82) is 0 Å². The number of benzene rings is 3. The van der Waals surface area contributed by atoms with Gasteiger partial charge in [0.1, 0.15) is 17.2 Å². The molecule has 1 aliphatic rings. The Morgan fingerprint density at radius 3 is 2.18 bits per heavy atom. The first-order chi connectivity index (χ1) is 16.4. The molecule has 34 heavy (non-hydrogen) atoms. The van der Waals surface area contributed by atoms with Gasteiger partial charge in [-0.1, -0.05) is 0 Å². The Balaban J connectivity index is 1.45. The molecule has 1 N–H and O–H groups in total. The van der Waals surface area contributed by atoms with Crippen LogP contribution in [0, 0.1) is 0 Å². The molecule has 0 atom stereocenters. The number of ether oxygens (including phenoxy) is 3. The van der Waals surface area contributed by atoms with Gasteiger partial charge in [0.15, 0.2) is 6.61 Å². The van der Waals surface area contributed by atoms with E-state index in [1.54, 1.807) is 67.8 Å². The van der Waals surface area contributed by atoms with E-state index in [0.29, 0.717) is 41.6 Å². The molecule has 0 unspecified atom stereocenters. The van der Waals surface area contributed by atoms with Crippen molar-refractivity contribution in [2.24, 2.45) is 0 Å². The summed E-state index contributed by atoms with van der Waals surface area (Å²) in [4.78, 5) is 12.6. The van der Waals surface area contributed by atoms with Crippen LogP contribution in [0.5, 0.6) is 17.2 Å². The maximum Gasteiger partial charge on any atom is 0.264 e. The highest BCUT2D eigenvalue weighted by molar-refractivity contribution is 7.92. The number of fused-ring (bicyclic) bond motifs is 1. The number of carbonyl (C=O) groups is 1. The zero-order valence-corrected chi connectivity index (χ0v) is 19.8. The molecule has 0 radical (unpaired) electrons. The molecule has 0 spiro atoms. The maximum absolute atomic E-state index is 13.3. The van der Waals surface area contributed by atoms with Gasteiger partial charge in [0.25, 0.3) is 15.9 Å². The summed E-state index contributed by atoms with van der Waals surface area (Å²) in [7, 11) is -0.606. The molecule has 0 fully saturated rings. The largest absolute Gasteiger partial charge is 0.497 e. The first-order valence-corrected chi connectivity index (χ1v) is 12.2. The molecule has 0 saturated heterocycles. The summed E-state index contributed by atoms with van der Waals surface area (Å²) in [6, 6.07) is 18.5. The Kier molecular flexibility index (Phi) is 6.93. The predicted octanol–water partition coefficient (Wildman–Crippen LogP) is 3.86. The topological polar surface area (TPSA) is 94.2 Å². The lowest BCUT2D eigenvalue weighted by atomic mass is 10.0. The van der Waals surface area contributed by atoms with Gasteiger partial charge >= 0.3 is 0 Å². The summed E-state index contributed by atoms with van der Waals surface area (Å²) in [6.07, 6.45) is 1.40. The van der Waals surface area contributed by atoms with E-state index in [9.17, 15) is 13.2 Å². The van der Waals surface area contributed by atoms with E-state index < -0.39 is 10.0 Å². The fourth-order valence-corrected chi connectivity index (χ4v) is 5.32. The minimum absolute atomic E-state index is 0.151. The smallest absolute Gasteiger partial charge is 0.264 e. The second-order valence-electron chi connectivity index (χ2n) is 7.71. The van der Waals surface area contributed by atoms with Crippen LogP contribution >= 0.6 is 0 Å². The summed E-state index contributed by atoms with van der Waals surface area (Å²) in [6.45, 7) is 0.240. The molecule has 9 heteroatoms. The number of hydrogen-bond acceptors (Lipinski definition) is 6. The van der Waals surface area contributed by atoms with Crippen LogP contribution in [-0.2, 0) is 21.2 Å². The molecule has 0 aromatic heterocycles. The third-order valence-electron chi connectivity index (χ3n) is 5.52. The van der Waals surface area contributed by atoms with Gasteiger partial charge < -0.3 is 19.5 Å². The van der Waals surface area contributed by atoms with Crippen molar-refractivity contribution >= 4 is 27.3 Å². The van der Waals surface area contributed by atoms with Gasteiger partial charge in [0, 0.05) is 12.2 Å². The third-order valence-corrected chi connectivity index (χ3v) is 7.34. The molecule has 0 bridgehead atoms. The molecular weight excluding hydrogens is 456 g/mol. The van der Waals surface area contributed by atoms with E-state index in [1.165, 1.54) is 11.4 Å². The van der Waals surface area contributed by atoms with Crippen LogP contribution in [-0.4, -0.2) is 41.7 Å². The van der Waals surface area contributed by atoms with Gasteiger partial charge in [-0.2, -0.15) is 0 Å². The number of nitrogens with one attached hydrogen (secondary N) is 1. The van der Waals surface area contributed by atoms with Crippen LogP contribution in [0.4, 0.5) is 11.4 Å². The van der Waals surface area contributed by atoms with E-state index in [-0.39, 0.29) is 17.4 Å². The van der Waals surface area contributed by atoms with Gasteiger partial charge in [-0.3, -0.25) is 9.10 Å². The molecule has 8 nitrogen and oxygen atoms in total. The standard InChI is InChI=1S/C25H26N2O6S/c1-31-20-6-8-22(9-7-20)33-17-25(28)26-19-5-14-24-18(16-19)4-3-15-27(24)34(29,30)23-12-10-21(32-2)11-13-23/h5-14,16H,3-4,15,17H2,1-2H3,(H,26,28). The highest BCUT2D eigenvalue weighted by atomic mass is 32.2. The Morgan fingerprint density at radius 2 is 1.53 bits per heavy atom. The summed E-state index contributed by atoms with van der Waals surface area (Å²) >= 11 is 0. The number of sulfonamides is 1. The van der Waals surface area contributed by atoms with E-state index in [0.717, 1.165) is 12.0 Å². The molecule has 4 rings (SSSR count). The SMILES string of the molecule is COc1ccc(OCC(=O)Nc2ccc3c(c2)CCCN3S(=O)(=O)c2ccc(OC)cc2)cc1. The zero-order chi connectivity index (χ0) is 24.1. The fraction of sp³-hybridized carbons (Fsp3) is 0.240. The van der Waals surface area contributed by atoms with Crippen molar-refractivity contribution in [3.63, 3.8) is 0 Å². The number of methoxy groups -OCH3 is 2. The maximum atomic E-state index is 13.3. The molecule has 3 aromatic rings. The molecule has 0 aliphatic carbocycles. The van der Waals surface area contributed by atoms with Crippen LogP contribution in [0.1, 0.15) is 12.0 Å². The molecule has 3 aromatic carbocycles. The predicted molar refractivity (Wildman–Crippen MR) is 129 cm³/mol. The van der Waals surface area contributed by atoms with Crippen molar-refractivity contribution in [3.8, 4) is 17.2 Å². The Bertz CT molecular complexity index is 1260. The number of anilines is 2. The minimum Gasteiger partial charge on any atom is -0.497 e. The molecule has 1 aliphatic heterocycles. The normalized spacial score (nSPS) is 13.1. The zero-order valence-electron chi connectivity index (χ0n) is 19.0. The van der Waals surface area contributed by atoms with Gasteiger partial charge in [0.2, 0.25) is 0 Å². The number of amides is 1. The van der Waals surface area contributed by atoms with E-state index in [2.05, 4.69) is 5.32 Å². The Hall–Kier alpha value is -3.72. The molecule has 0 saturated carbocycles. The van der Waals surface area contributed by atoms with Crippen molar-refractivity contribution in [2.45, 2.75) is 17.7 Å². The van der Waals surface area contributed by atoms with Gasteiger partial charge in [-0.05, 0) is 85.1 Å². The highest BCUT2D eigenvalue weighted by Crippen LogP contribution is 2.34. The second-order valence-corrected chi connectivity index (χ2v) is 9.57. The van der Waals surface area contributed by atoms with Gasteiger partial charge in [-0.15, -0.1) is 0 Å². The van der Waals surface area contributed by atoms with E-state index in [1.807, 2.05) is 6.07 Å². The molecule has 1 heterocycles. The molecule has 1 amide bonds. The summed E-state index contributed by atoms with van der Waals surface area (Å²) < 4.78 is 43.7. The Morgan fingerprint density at radius 1 is 0.912 bits per heavy atom.